The Bertz CT molecular complexity index is 597. The molecular formula is C16H20Cl2N2O4. The Morgan fingerprint density at radius 2 is 2.17 bits per heavy atom. The Hall–Kier alpha value is -1.66. The average Bonchev–Trinajstić information content (AvgIpc) is 2.56. The van der Waals surface area contributed by atoms with Crippen LogP contribution in [0.5, 0.6) is 5.75 Å². The normalized spacial score (nSPS) is 17.4. The van der Waals surface area contributed by atoms with Gasteiger partial charge in [0.05, 0.1) is 17.5 Å². The number of urea groups is 1. The largest absolute Gasteiger partial charge is 0.492 e. The number of nitrogens with one attached hydrogen (secondary N) is 1. The van der Waals surface area contributed by atoms with E-state index in [9.17, 15) is 9.59 Å². The zero-order chi connectivity index (χ0) is 17.5. The smallest absolute Gasteiger partial charge is 0.317 e. The molecule has 1 atom stereocenters. The number of carboxylic acid groups (broad SMARTS) is 1. The predicted molar refractivity (Wildman–Crippen MR) is 91.9 cm³/mol. The van der Waals surface area contributed by atoms with Gasteiger partial charge in [-0.1, -0.05) is 23.2 Å². The van der Waals surface area contributed by atoms with Crippen molar-refractivity contribution in [2.75, 3.05) is 26.2 Å². The SMILES string of the molecule is O=C(O)C1CCCN(C(=O)NCCCOc2ccc(Cl)cc2Cl)C1. The zero-order valence-corrected chi connectivity index (χ0v) is 14.6. The minimum Gasteiger partial charge on any atom is -0.492 e. The summed E-state index contributed by atoms with van der Waals surface area (Å²) >= 11 is 11.8. The molecule has 2 amide bonds. The molecule has 1 aliphatic heterocycles. The first-order valence-corrected chi connectivity index (χ1v) is 8.56. The maximum Gasteiger partial charge on any atom is 0.317 e. The Kier molecular flexibility index (Phi) is 6.99. The van der Waals surface area contributed by atoms with Gasteiger partial charge in [0.25, 0.3) is 0 Å². The highest BCUT2D eigenvalue weighted by Gasteiger charge is 2.27. The quantitative estimate of drug-likeness (QED) is 0.748. The summed E-state index contributed by atoms with van der Waals surface area (Å²) in [7, 11) is 0. The second-order valence-electron chi connectivity index (χ2n) is 5.63. The number of carbonyl (C=O) groups excluding carboxylic acids is 1. The first-order valence-electron chi connectivity index (χ1n) is 7.81. The number of amides is 2. The fourth-order valence-corrected chi connectivity index (χ4v) is 2.98. The molecule has 1 heterocycles. The summed E-state index contributed by atoms with van der Waals surface area (Å²) in [5, 5.41) is 12.8. The van der Waals surface area contributed by atoms with Crippen LogP contribution in [0, 0.1) is 5.92 Å². The number of ether oxygens (including phenoxy) is 1. The van der Waals surface area contributed by atoms with Crippen molar-refractivity contribution < 1.29 is 19.4 Å². The molecule has 0 aromatic heterocycles. The number of likely N-dealkylation sites (tertiary alicyclic amines) is 1. The van der Waals surface area contributed by atoms with Crippen molar-refractivity contribution in [3.8, 4) is 5.75 Å². The van der Waals surface area contributed by atoms with Gasteiger partial charge in [0, 0.05) is 24.7 Å². The number of rotatable bonds is 6. The van der Waals surface area contributed by atoms with Crippen molar-refractivity contribution in [2.45, 2.75) is 19.3 Å². The molecule has 0 aliphatic carbocycles. The fourth-order valence-electron chi connectivity index (χ4n) is 2.52. The third kappa shape index (κ3) is 5.46. The Labute approximate surface area is 150 Å². The molecule has 0 radical (unpaired) electrons. The first kappa shape index (κ1) is 18.7. The second kappa shape index (κ2) is 8.99. The van der Waals surface area contributed by atoms with Gasteiger partial charge in [-0.3, -0.25) is 4.79 Å². The molecular weight excluding hydrogens is 355 g/mol. The van der Waals surface area contributed by atoms with Gasteiger partial charge in [-0.25, -0.2) is 4.79 Å². The summed E-state index contributed by atoms with van der Waals surface area (Å²) in [6, 6.07) is 4.77. The average molecular weight is 375 g/mol. The van der Waals surface area contributed by atoms with E-state index in [1.165, 1.54) is 0 Å². The topological polar surface area (TPSA) is 78.9 Å². The van der Waals surface area contributed by atoms with E-state index < -0.39 is 11.9 Å². The van der Waals surface area contributed by atoms with Crippen molar-refractivity contribution in [3.63, 3.8) is 0 Å². The van der Waals surface area contributed by atoms with E-state index in [4.69, 9.17) is 33.0 Å². The number of benzene rings is 1. The lowest BCUT2D eigenvalue weighted by Crippen LogP contribution is -2.47. The highest BCUT2D eigenvalue weighted by atomic mass is 35.5. The summed E-state index contributed by atoms with van der Waals surface area (Å²) in [5.41, 5.74) is 0. The Morgan fingerprint density at radius 3 is 2.88 bits per heavy atom. The minimum atomic E-state index is -0.847. The van der Waals surface area contributed by atoms with Gasteiger partial charge in [-0.15, -0.1) is 0 Å². The monoisotopic (exact) mass is 374 g/mol. The van der Waals surface area contributed by atoms with Crippen LogP contribution in [0.4, 0.5) is 4.79 Å². The van der Waals surface area contributed by atoms with Gasteiger partial charge < -0.3 is 20.1 Å². The number of hydrogen-bond donors (Lipinski definition) is 2. The van der Waals surface area contributed by atoms with Gasteiger partial charge in [-0.2, -0.15) is 0 Å². The van der Waals surface area contributed by atoms with Crippen LogP contribution in [0.15, 0.2) is 18.2 Å². The Balaban J connectivity index is 1.66. The zero-order valence-electron chi connectivity index (χ0n) is 13.1. The third-order valence-electron chi connectivity index (χ3n) is 3.81. The summed E-state index contributed by atoms with van der Waals surface area (Å²) in [6.45, 7) is 1.70. The van der Waals surface area contributed by atoms with Gasteiger partial charge in [0.15, 0.2) is 0 Å². The molecule has 1 fully saturated rings. The maximum atomic E-state index is 12.0. The molecule has 1 unspecified atom stereocenters. The third-order valence-corrected chi connectivity index (χ3v) is 4.34. The molecule has 2 N–H and O–H groups in total. The number of carbonyl (C=O) groups is 2. The molecule has 6 nitrogen and oxygen atoms in total. The van der Waals surface area contributed by atoms with Crippen molar-refractivity contribution in [1.29, 1.82) is 0 Å². The summed E-state index contributed by atoms with van der Waals surface area (Å²) < 4.78 is 5.53. The van der Waals surface area contributed by atoms with E-state index in [0.29, 0.717) is 54.8 Å². The van der Waals surface area contributed by atoms with Crippen LogP contribution in [-0.2, 0) is 4.79 Å². The van der Waals surface area contributed by atoms with Crippen LogP contribution < -0.4 is 10.1 Å². The lowest BCUT2D eigenvalue weighted by Gasteiger charge is -2.30. The van der Waals surface area contributed by atoms with Gasteiger partial charge in [0.1, 0.15) is 5.75 Å². The molecule has 132 valence electrons. The molecule has 24 heavy (non-hydrogen) atoms. The number of hydrogen-bond acceptors (Lipinski definition) is 3. The maximum absolute atomic E-state index is 12.0. The van der Waals surface area contributed by atoms with Crippen molar-refractivity contribution in [3.05, 3.63) is 28.2 Å². The number of halogens is 2. The molecule has 1 aliphatic rings. The molecule has 2 rings (SSSR count). The summed E-state index contributed by atoms with van der Waals surface area (Å²) in [4.78, 5) is 24.6. The van der Waals surface area contributed by atoms with E-state index in [-0.39, 0.29) is 12.6 Å². The number of nitrogens with zero attached hydrogens (tertiary/aromatic N) is 1. The van der Waals surface area contributed by atoms with Crippen LogP contribution in [0.25, 0.3) is 0 Å². The molecule has 1 aromatic carbocycles. The van der Waals surface area contributed by atoms with Crippen LogP contribution in [0.2, 0.25) is 10.0 Å². The van der Waals surface area contributed by atoms with Crippen molar-refractivity contribution >= 4 is 35.2 Å². The van der Waals surface area contributed by atoms with E-state index in [0.717, 1.165) is 0 Å². The van der Waals surface area contributed by atoms with Gasteiger partial charge in [0.2, 0.25) is 0 Å². The molecule has 8 heteroatoms. The fraction of sp³-hybridized carbons (Fsp3) is 0.500. The predicted octanol–water partition coefficient (Wildman–Crippen LogP) is 3.27. The number of piperidine rings is 1. The molecule has 0 bridgehead atoms. The lowest BCUT2D eigenvalue weighted by molar-refractivity contribution is -0.143. The second-order valence-corrected chi connectivity index (χ2v) is 6.48. The first-order chi connectivity index (χ1) is 11.5. The van der Waals surface area contributed by atoms with E-state index in [1.807, 2.05) is 0 Å². The van der Waals surface area contributed by atoms with Crippen LogP contribution in [0.1, 0.15) is 19.3 Å². The highest BCUT2D eigenvalue weighted by molar-refractivity contribution is 6.35. The Morgan fingerprint density at radius 1 is 1.38 bits per heavy atom. The van der Waals surface area contributed by atoms with Crippen LogP contribution in [0.3, 0.4) is 0 Å². The minimum absolute atomic E-state index is 0.231. The molecule has 0 saturated carbocycles. The molecule has 1 aromatic rings. The molecule has 0 spiro atoms. The lowest BCUT2D eigenvalue weighted by atomic mass is 9.99. The van der Waals surface area contributed by atoms with Crippen molar-refractivity contribution in [2.24, 2.45) is 5.92 Å². The van der Waals surface area contributed by atoms with Gasteiger partial charge in [-0.05, 0) is 37.5 Å². The van der Waals surface area contributed by atoms with E-state index in [1.54, 1.807) is 23.1 Å². The summed E-state index contributed by atoms with van der Waals surface area (Å²) in [5.74, 6) is -0.770. The summed E-state index contributed by atoms with van der Waals surface area (Å²) in [6.07, 6.45) is 1.94. The van der Waals surface area contributed by atoms with Crippen molar-refractivity contribution in [1.82, 2.24) is 10.2 Å². The number of carboxylic acids is 1. The van der Waals surface area contributed by atoms with Gasteiger partial charge >= 0.3 is 12.0 Å². The highest BCUT2D eigenvalue weighted by Crippen LogP contribution is 2.27. The van der Waals surface area contributed by atoms with Crippen LogP contribution >= 0.6 is 23.2 Å². The van der Waals surface area contributed by atoms with E-state index in [2.05, 4.69) is 5.32 Å². The number of aliphatic carboxylic acids is 1. The van der Waals surface area contributed by atoms with Crippen LogP contribution in [-0.4, -0.2) is 48.2 Å². The molecule has 1 saturated heterocycles. The van der Waals surface area contributed by atoms with E-state index >= 15 is 0 Å². The standard InChI is InChI=1S/C16H20Cl2N2O4/c17-12-4-5-14(13(18)9-12)24-8-2-6-19-16(23)20-7-1-3-11(10-20)15(21)22/h4-5,9,11H,1-3,6-8,10H2,(H,19,23)(H,21,22).